The fraction of sp³-hybridized carbons (Fsp3) is 0.385. The molecule has 0 aliphatic rings. The first-order chi connectivity index (χ1) is 9.34. The molecule has 106 valence electrons. The van der Waals surface area contributed by atoms with Crippen LogP contribution in [0.4, 0.5) is 5.69 Å². The average molecular weight is 295 g/mol. The maximum atomic E-state index is 10.7. The second kappa shape index (κ2) is 5.20. The Morgan fingerprint density at radius 3 is 2.30 bits per heavy atom. The van der Waals surface area contributed by atoms with Crippen LogP contribution >= 0.6 is 11.6 Å². The van der Waals surface area contributed by atoms with Crippen molar-refractivity contribution in [3.05, 3.63) is 40.2 Å². The number of halogens is 1. The van der Waals surface area contributed by atoms with E-state index in [4.69, 9.17) is 11.6 Å². The molecule has 1 heterocycles. The zero-order valence-electron chi connectivity index (χ0n) is 11.5. The summed E-state index contributed by atoms with van der Waals surface area (Å²) >= 11 is 5.89. The number of hydrogen-bond donors (Lipinski definition) is 0. The van der Waals surface area contributed by atoms with Crippen molar-refractivity contribution in [2.24, 2.45) is 0 Å². The third kappa shape index (κ3) is 2.65. The van der Waals surface area contributed by atoms with Crippen molar-refractivity contribution in [2.45, 2.75) is 32.2 Å². The predicted octanol–water partition coefficient (Wildman–Crippen LogP) is 3.35. The smallest absolute Gasteiger partial charge is 0.269 e. The molecule has 0 atom stereocenters. The van der Waals surface area contributed by atoms with E-state index in [1.54, 1.807) is 12.1 Å². The fourth-order valence-corrected chi connectivity index (χ4v) is 2.20. The van der Waals surface area contributed by atoms with E-state index in [1.165, 1.54) is 12.1 Å². The minimum atomic E-state index is -0.428. The summed E-state index contributed by atoms with van der Waals surface area (Å²) in [5.41, 5.74) is 0.590. The van der Waals surface area contributed by atoms with Crippen LogP contribution in [0.5, 0.6) is 0 Å². The third-order valence-electron chi connectivity index (χ3n) is 2.86. The Morgan fingerprint density at radius 1 is 1.25 bits per heavy atom. The van der Waals surface area contributed by atoms with Gasteiger partial charge in [0, 0.05) is 23.2 Å². The summed E-state index contributed by atoms with van der Waals surface area (Å²) in [6, 6.07) is 6.25. The van der Waals surface area contributed by atoms with E-state index in [1.807, 2.05) is 25.3 Å². The van der Waals surface area contributed by atoms with E-state index in [0.717, 1.165) is 5.56 Å². The van der Waals surface area contributed by atoms with Crippen LogP contribution in [0.15, 0.2) is 24.3 Å². The number of hydrogen-bond acceptors (Lipinski definition) is 4. The van der Waals surface area contributed by atoms with Gasteiger partial charge in [0.15, 0.2) is 5.82 Å². The third-order valence-corrected chi connectivity index (χ3v) is 3.10. The summed E-state index contributed by atoms with van der Waals surface area (Å²) in [5, 5.41) is 18.9. The molecule has 0 unspecified atom stereocenters. The number of rotatable bonds is 3. The molecule has 0 amide bonds. The van der Waals surface area contributed by atoms with E-state index in [-0.39, 0.29) is 17.1 Å². The molecule has 0 radical (unpaired) electrons. The summed E-state index contributed by atoms with van der Waals surface area (Å²) < 4.78 is 1.95. The zero-order chi connectivity index (χ0) is 14.9. The van der Waals surface area contributed by atoms with Gasteiger partial charge < -0.3 is 4.57 Å². The first-order valence-electron chi connectivity index (χ1n) is 6.10. The lowest BCUT2D eigenvalue weighted by molar-refractivity contribution is -0.384. The Labute approximate surface area is 121 Å². The van der Waals surface area contributed by atoms with Gasteiger partial charge in [-0.05, 0) is 32.9 Å². The fourth-order valence-electron chi connectivity index (χ4n) is 2.03. The van der Waals surface area contributed by atoms with Crippen LogP contribution in [-0.2, 0) is 11.4 Å². The van der Waals surface area contributed by atoms with E-state index in [2.05, 4.69) is 10.2 Å². The summed E-state index contributed by atoms with van der Waals surface area (Å²) in [6.45, 7) is 6.09. The van der Waals surface area contributed by atoms with Crippen molar-refractivity contribution >= 4 is 17.3 Å². The number of nitro groups is 1. The van der Waals surface area contributed by atoms with Gasteiger partial charge in [0.25, 0.3) is 5.69 Å². The summed E-state index contributed by atoms with van der Waals surface area (Å²) in [4.78, 5) is 10.3. The molecule has 20 heavy (non-hydrogen) atoms. The van der Waals surface area contributed by atoms with Gasteiger partial charge in [-0.3, -0.25) is 10.1 Å². The van der Waals surface area contributed by atoms with E-state index in [9.17, 15) is 10.1 Å². The molecule has 0 N–H and O–H groups in total. The van der Waals surface area contributed by atoms with Gasteiger partial charge in [0.05, 0.1) is 10.8 Å². The highest BCUT2D eigenvalue weighted by molar-refractivity contribution is 6.16. The van der Waals surface area contributed by atoms with Gasteiger partial charge in [-0.1, -0.05) is 0 Å². The number of benzene rings is 1. The van der Waals surface area contributed by atoms with Crippen LogP contribution in [0.2, 0.25) is 0 Å². The summed E-state index contributed by atoms with van der Waals surface area (Å²) in [5.74, 6) is 1.59. The van der Waals surface area contributed by atoms with E-state index >= 15 is 0 Å². The minimum Gasteiger partial charge on any atom is -0.305 e. The molecule has 7 heteroatoms. The number of aromatic nitrogens is 3. The quantitative estimate of drug-likeness (QED) is 0.494. The van der Waals surface area contributed by atoms with Crippen molar-refractivity contribution in [2.75, 3.05) is 0 Å². The van der Waals surface area contributed by atoms with Crippen molar-refractivity contribution in [1.29, 1.82) is 0 Å². The molecule has 1 aromatic carbocycles. The lowest BCUT2D eigenvalue weighted by Gasteiger charge is -2.24. The standard InChI is InChI=1S/C13H15ClN4O2/c1-13(2,3)17-11(8-14)15-16-12(17)9-4-6-10(7-5-9)18(19)20/h4-7H,8H2,1-3H3. The highest BCUT2D eigenvalue weighted by atomic mass is 35.5. The number of nitrogens with zero attached hydrogens (tertiary/aromatic N) is 4. The molecule has 0 aliphatic heterocycles. The van der Waals surface area contributed by atoms with Crippen molar-refractivity contribution in [3.63, 3.8) is 0 Å². The monoisotopic (exact) mass is 294 g/mol. The van der Waals surface area contributed by atoms with Gasteiger partial charge in [0.1, 0.15) is 5.82 Å². The predicted molar refractivity (Wildman–Crippen MR) is 76.7 cm³/mol. The topological polar surface area (TPSA) is 73.8 Å². The molecule has 2 rings (SSSR count). The Morgan fingerprint density at radius 2 is 1.85 bits per heavy atom. The lowest BCUT2D eigenvalue weighted by Crippen LogP contribution is -2.24. The van der Waals surface area contributed by atoms with Gasteiger partial charge in [-0.2, -0.15) is 0 Å². The second-order valence-electron chi connectivity index (χ2n) is 5.38. The number of alkyl halides is 1. The lowest BCUT2D eigenvalue weighted by atomic mass is 10.1. The van der Waals surface area contributed by atoms with E-state index < -0.39 is 4.92 Å². The van der Waals surface area contributed by atoms with Crippen molar-refractivity contribution in [3.8, 4) is 11.4 Å². The number of nitro benzene ring substituents is 1. The SMILES string of the molecule is CC(C)(C)n1c(CCl)nnc1-c1ccc([N+](=O)[O-])cc1. The molecule has 0 fully saturated rings. The largest absolute Gasteiger partial charge is 0.305 e. The summed E-state index contributed by atoms with van der Waals surface area (Å²) in [6.07, 6.45) is 0. The van der Waals surface area contributed by atoms with Crippen LogP contribution in [0.1, 0.15) is 26.6 Å². The van der Waals surface area contributed by atoms with Crippen LogP contribution in [-0.4, -0.2) is 19.7 Å². The Bertz CT molecular complexity index is 629. The molecule has 2 aromatic rings. The van der Waals surface area contributed by atoms with Crippen LogP contribution in [0, 0.1) is 10.1 Å². The normalized spacial score (nSPS) is 11.6. The molecule has 0 saturated carbocycles. The van der Waals surface area contributed by atoms with Gasteiger partial charge in [-0.15, -0.1) is 21.8 Å². The highest BCUT2D eigenvalue weighted by Gasteiger charge is 2.23. The molecule has 0 spiro atoms. The molecule has 1 aromatic heterocycles. The van der Waals surface area contributed by atoms with E-state index in [0.29, 0.717) is 11.6 Å². The molecule has 0 aliphatic carbocycles. The molecular formula is C13H15ClN4O2. The molecule has 0 bridgehead atoms. The average Bonchev–Trinajstić information content (AvgIpc) is 2.82. The summed E-state index contributed by atoms with van der Waals surface area (Å²) in [7, 11) is 0. The van der Waals surface area contributed by atoms with Crippen molar-refractivity contribution < 1.29 is 4.92 Å². The van der Waals surface area contributed by atoms with Gasteiger partial charge >= 0.3 is 0 Å². The first kappa shape index (κ1) is 14.5. The van der Waals surface area contributed by atoms with Gasteiger partial charge in [0.2, 0.25) is 0 Å². The van der Waals surface area contributed by atoms with Crippen LogP contribution in [0.25, 0.3) is 11.4 Å². The first-order valence-corrected chi connectivity index (χ1v) is 6.63. The van der Waals surface area contributed by atoms with Crippen LogP contribution < -0.4 is 0 Å². The maximum Gasteiger partial charge on any atom is 0.269 e. The molecule has 6 nitrogen and oxygen atoms in total. The zero-order valence-corrected chi connectivity index (χ0v) is 12.3. The Balaban J connectivity index is 2.53. The molecule has 0 saturated heterocycles. The maximum absolute atomic E-state index is 10.7. The second-order valence-corrected chi connectivity index (χ2v) is 5.65. The van der Waals surface area contributed by atoms with Crippen molar-refractivity contribution in [1.82, 2.24) is 14.8 Å². The number of non-ortho nitro benzene ring substituents is 1. The minimum absolute atomic E-state index is 0.0492. The Kier molecular flexibility index (Phi) is 3.76. The Hall–Kier alpha value is -1.95. The van der Waals surface area contributed by atoms with Gasteiger partial charge in [-0.25, -0.2) is 0 Å². The molecular weight excluding hydrogens is 280 g/mol. The highest BCUT2D eigenvalue weighted by Crippen LogP contribution is 2.27. The van der Waals surface area contributed by atoms with Crippen LogP contribution in [0.3, 0.4) is 0 Å².